The topological polar surface area (TPSA) is 85.2 Å². The zero-order chi connectivity index (χ0) is 20.5. The standard InChI is InChI=1S/C22H22FN5O2/c23-14-5-6-18-16(13-14)19(22(29)26-18)21-20(15-3-1-2-4-17(15)25-21)27-30-12-11-28-9-7-24-8-10-28/h1-6,13,24,26,29H,7-12H2/b27-20+. The Labute approximate surface area is 172 Å². The number of aliphatic imine (C=N–C) groups is 1. The summed E-state index contributed by atoms with van der Waals surface area (Å²) >= 11 is 0. The van der Waals surface area contributed by atoms with E-state index in [1.54, 1.807) is 6.07 Å². The second kappa shape index (κ2) is 7.89. The van der Waals surface area contributed by atoms with E-state index < -0.39 is 0 Å². The van der Waals surface area contributed by atoms with E-state index in [9.17, 15) is 9.50 Å². The largest absolute Gasteiger partial charge is 0.494 e. The van der Waals surface area contributed by atoms with E-state index in [1.165, 1.54) is 12.1 Å². The summed E-state index contributed by atoms with van der Waals surface area (Å²) in [6.07, 6.45) is 0. The minimum atomic E-state index is -0.385. The van der Waals surface area contributed by atoms with Crippen molar-refractivity contribution in [2.75, 3.05) is 39.3 Å². The van der Waals surface area contributed by atoms with Crippen molar-refractivity contribution in [3.05, 3.63) is 59.4 Å². The molecule has 0 radical (unpaired) electrons. The predicted octanol–water partition coefficient (Wildman–Crippen LogP) is 2.77. The summed E-state index contributed by atoms with van der Waals surface area (Å²) < 4.78 is 13.9. The van der Waals surface area contributed by atoms with Crippen LogP contribution in [0.5, 0.6) is 5.88 Å². The molecule has 0 unspecified atom stereocenters. The molecule has 0 amide bonds. The van der Waals surface area contributed by atoms with Crippen molar-refractivity contribution in [1.82, 2.24) is 15.2 Å². The first-order valence-electron chi connectivity index (χ1n) is 10.0. The maximum absolute atomic E-state index is 13.9. The number of aromatic amines is 1. The van der Waals surface area contributed by atoms with Gasteiger partial charge in [-0.25, -0.2) is 9.38 Å². The van der Waals surface area contributed by atoms with Crippen molar-refractivity contribution < 1.29 is 14.3 Å². The minimum absolute atomic E-state index is 0.0735. The Morgan fingerprint density at radius 2 is 2.00 bits per heavy atom. The number of hydrogen-bond donors (Lipinski definition) is 3. The Morgan fingerprint density at radius 3 is 2.87 bits per heavy atom. The summed E-state index contributed by atoms with van der Waals surface area (Å²) in [5.41, 5.74) is 3.60. The number of hydrogen-bond acceptors (Lipinski definition) is 6. The van der Waals surface area contributed by atoms with E-state index >= 15 is 0 Å². The van der Waals surface area contributed by atoms with Crippen molar-refractivity contribution in [3.63, 3.8) is 0 Å². The van der Waals surface area contributed by atoms with E-state index in [0.29, 0.717) is 34.5 Å². The molecule has 1 saturated heterocycles. The molecule has 154 valence electrons. The van der Waals surface area contributed by atoms with Crippen LogP contribution in [0.2, 0.25) is 0 Å². The van der Waals surface area contributed by atoms with E-state index in [4.69, 9.17) is 4.84 Å². The number of aromatic nitrogens is 1. The SMILES string of the molecule is Oc1[nH]c2ccc(F)cc2c1C1=Nc2ccccc2/C1=N\OCCN1CCNCC1. The third kappa shape index (κ3) is 3.44. The van der Waals surface area contributed by atoms with Gasteiger partial charge in [0.2, 0.25) is 0 Å². The van der Waals surface area contributed by atoms with Gasteiger partial charge < -0.3 is 20.2 Å². The summed E-state index contributed by atoms with van der Waals surface area (Å²) in [7, 11) is 0. The number of fused-ring (bicyclic) bond motifs is 2. The van der Waals surface area contributed by atoms with Crippen LogP contribution in [0.1, 0.15) is 11.1 Å². The first-order valence-corrected chi connectivity index (χ1v) is 10.0. The Balaban J connectivity index is 1.46. The van der Waals surface area contributed by atoms with Crippen molar-refractivity contribution in [2.45, 2.75) is 0 Å². The molecule has 30 heavy (non-hydrogen) atoms. The van der Waals surface area contributed by atoms with Crippen molar-refractivity contribution in [1.29, 1.82) is 0 Å². The van der Waals surface area contributed by atoms with Crippen LogP contribution in [0, 0.1) is 5.82 Å². The van der Waals surface area contributed by atoms with Crippen LogP contribution in [0.3, 0.4) is 0 Å². The molecule has 0 spiro atoms. The van der Waals surface area contributed by atoms with Crippen LogP contribution in [0.15, 0.2) is 52.6 Å². The average molecular weight is 407 g/mol. The molecule has 3 aromatic rings. The van der Waals surface area contributed by atoms with Gasteiger partial charge in [0, 0.05) is 49.2 Å². The van der Waals surface area contributed by atoms with Gasteiger partial charge >= 0.3 is 0 Å². The third-order valence-corrected chi connectivity index (χ3v) is 5.46. The Kier molecular flexibility index (Phi) is 4.94. The van der Waals surface area contributed by atoms with Gasteiger partial charge in [-0.15, -0.1) is 0 Å². The first-order chi connectivity index (χ1) is 14.7. The maximum atomic E-state index is 13.9. The van der Waals surface area contributed by atoms with E-state index in [-0.39, 0.29) is 11.7 Å². The van der Waals surface area contributed by atoms with Crippen molar-refractivity contribution in [3.8, 4) is 5.88 Å². The summed E-state index contributed by atoms with van der Waals surface area (Å²) in [4.78, 5) is 15.5. The van der Waals surface area contributed by atoms with Gasteiger partial charge in [0.1, 0.15) is 23.8 Å². The molecule has 2 aliphatic heterocycles. The molecule has 8 heteroatoms. The fourth-order valence-corrected chi connectivity index (χ4v) is 3.94. The van der Waals surface area contributed by atoms with E-state index in [1.807, 2.05) is 24.3 Å². The molecule has 0 aliphatic carbocycles. The zero-order valence-corrected chi connectivity index (χ0v) is 16.4. The molecular formula is C22H22FN5O2. The highest BCUT2D eigenvalue weighted by Crippen LogP contribution is 2.35. The number of para-hydroxylation sites is 1. The Bertz CT molecular complexity index is 1150. The van der Waals surface area contributed by atoms with Crippen LogP contribution in [0.25, 0.3) is 10.9 Å². The van der Waals surface area contributed by atoms with Crippen LogP contribution < -0.4 is 5.32 Å². The van der Waals surface area contributed by atoms with Gasteiger partial charge in [0.25, 0.3) is 0 Å². The van der Waals surface area contributed by atoms with Crippen LogP contribution in [-0.4, -0.2) is 65.7 Å². The third-order valence-electron chi connectivity index (χ3n) is 5.46. The minimum Gasteiger partial charge on any atom is -0.494 e. The summed E-state index contributed by atoms with van der Waals surface area (Å²) in [6.45, 7) is 5.18. The smallest absolute Gasteiger partial charge is 0.199 e. The molecule has 0 bridgehead atoms. The molecule has 1 fully saturated rings. The second-order valence-electron chi connectivity index (χ2n) is 7.38. The molecule has 2 aromatic carbocycles. The number of benzene rings is 2. The van der Waals surface area contributed by atoms with Crippen molar-refractivity contribution in [2.24, 2.45) is 10.1 Å². The number of halogens is 1. The lowest BCUT2D eigenvalue weighted by Crippen LogP contribution is -2.44. The Morgan fingerprint density at radius 1 is 1.17 bits per heavy atom. The fraction of sp³-hybridized carbons (Fsp3) is 0.273. The number of nitrogens with zero attached hydrogens (tertiary/aromatic N) is 3. The molecular weight excluding hydrogens is 385 g/mol. The zero-order valence-electron chi connectivity index (χ0n) is 16.4. The van der Waals surface area contributed by atoms with Gasteiger partial charge in [0.15, 0.2) is 5.88 Å². The highest BCUT2D eigenvalue weighted by atomic mass is 19.1. The van der Waals surface area contributed by atoms with Gasteiger partial charge in [-0.2, -0.15) is 0 Å². The maximum Gasteiger partial charge on any atom is 0.199 e. The van der Waals surface area contributed by atoms with Crippen LogP contribution in [-0.2, 0) is 4.84 Å². The summed E-state index contributed by atoms with van der Waals surface area (Å²) in [6, 6.07) is 11.9. The number of H-pyrrole nitrogens is 1. The molecule has 2 aliphatic rings. The monoisotopic (exact) mass is 407 g/mol. The number of nitrogens with one attached hydrogen (secondary N) is 2. The quantitative estimate of drug-likeness (QED) is 0.449. The molecule has 3 N–H and O–H groups in total. The van der Waals surface area contributed by atoms with Crippen LogP contribution >= 0.6 is 0 Å². The average Bonchev–Trinajstić information content (AvgIpc) is 3.28. The predicted molar refractivity (Wildman–Crippen MR) is 114 cm³/mol. The number of rotatable bonds is 5. The first kappa shape index (κ1) is 18.8. The second-order valence-corrected chi connectivity index (χ2v) is 7.38. The molecule has 3 heterocycles. The lowest BCUT2D eigenvalue weighted by atomic mass is 10.0. The molecule has 7 nitrogen and oxygen atoms in total. The molecule has 5 rings (SSSR count). The number of aromatic hydroxyl groups is 1. The highest BCUT2D eigenvalue weighted by molar-refractivity contribution is 6.58. The van der Waals surface area contributed by atoms with Gasteiger partial charge in [0.05, 0.1) is 11.3 Å². The Hall–Kier alpha value is -3.23. The molecule has 0 atom stereocenters. The highest BCUT2D eigenvalue weighted by Gasteiger charge is 2.29. The summed E-state index contributed by atoms with van der Waals surface area (Å²) in [5, 5.41) is 18.8. The lowest BCUT2D eigenvalue weighted by Gasteiger charge is -2.26. The summed E-state index contributed by atoms with van der Waals surface area (Å²) in [5.74, 6) is -0.458. The molecule has 0 saturated carbocycles. The fourth-order valence-electron chi connectivity index (χ4n) is 3.94. The van der Waals surface area contributed by atoms with Crippen LogP contribution in [0.4, 0.5) is 10.1 Å². The number of oxime groups is 1. The van der Waals surface area contributed by atoms with Gasteiger partial charge in [-0.3, -0.25) is 4.90 Å². The van der Waals surface area contributed by atoms with E-state index in [0.717, 1.165) is 44.0 Å². The lowest BCUT2D eigenvalue weighted by molar-refractivity contribution is 0.106. The van der Waals surface area contributed by atoms with Crippen molar-refractivity contribution >= 4 is 28.0 Å². The van der Waals surface area contributed by atoms with Gasteiger partial charge in [-0.05, 0) is 24.3 Å². The number of piperazine rings is 1. The normalized spacial score (nSPS) is 18.0. The van der Waals surface area contributed by atoms with Gasteiger partial charge in [-0.1, -0.05) is 23.4 Å². The molecule has 1 aromatic heterocycles. The van der Waals surface area contributed by atoms with E-state index in [2.05, 4.69) is 25.3 Å².